The van der Waals surface area contributed by atoms with E-state index < -0.39 is 0 Å². The zero-order chi connectivity index (χ0) is 17.3. The van der Waals surface area contributed by atoms with Crippen molar-refractivity contribution in [2.45, 2.75) is 12.2 Å². The molecular weight excluding hydrogens is 330 g/mol. The number of benzene rings is 1. The number of fused-ring (bicyclic) bond motifs is 1. The summed E-state index contributed by atoms with van der Waals surface area (Å²) in [7, 11) is 4.74. The lowest BCUT2D eigenvalue weighted by Crippen LogP contribution is -2.12. The lowest BCUT2D eigenvalue weighted by molar-refractivity contribution is -0.113. The van der Waals surface area contributed by atoms with Gasteiger partial charge < -0.3 is 19.5 Å². The molecule has 7 nitrogen and oxygen atoms in total. The Balaban J connectivity index is 2.14. The molecule has 8 heteroatoms. The van der Waals surface area contributed by atoms with Crippen LogP contribution in [0.15, 0.2) is 12.1 Å². The summed E-state index contributed by atoms with van der Waals surface area (Å²) in [4.78, 5) is 11.9. The number of carbonyl (C=O) groups excluding carboxylic acids is 1. The highest BCUT2D eigenvalue weighted by atomic mass is 32.2. The summed E-state index contributed by atoms with van der Waals surface area (Å²) in [5, 5.41) is 9.90. The molecule has 1 aliphatic heterocycles. The van der Waals surface area contributed by atoms with Crippen LogP contribution in [0.25, 0.3) is 0 Å². The molecule has 128 valence electrons. The maximum atomic E-state index is 11.9. The van der Waals surface area contributed by atoms with Gasteiger partial charge in [0.25, 0.3) is 0 Å². The SMILES string of the molecule is COc1cc(C2SCC(=O)Nc3n[nH]c(C)c32)cc(OC)c1OC. The average molecular weight is 349 g/mol. The Kier molecular flexibility index (Phi) is 4.57. The summed E-state index contributed by atoms with van der Waals surface area (Å²) in [6.07, 6.45) is 0. The van der Waals surface area contributed by atoms with Gasteiger partial charge in [-0.2, -0.15) is 5.10 Å². The number of hydrogen-bond donors (Lipinski definition) is 2. The monoisotopic (exact) mass is 349 g/mol. The van der Waals surface area contributed by atoms with E-state index in [0.717, 1.165) is 16.8 Å². The Morgan fingerprint density at radius 1 is 1.17 bits per heavy atom. The summed E-state index contributed by atoms with van der Waals surface area (Å²) in [5.74, 6) is 2.55. The Morgan fingerprint density at radius 3 is 2.42 bits per heavy atom. The minimum absolute atomic E-state index is 0.0670. The van der Waals surface area contributed by atoms with Gasteiger partial charge in [-0.05, 0) is 24.6 Å². The summed E-state index contributed by atoms with van der Waals surface area (Å²) >= 11 is 1.53. The molecule has 1 unspecified atom stereocenters. The third kappa shape index (κ3) is 2.77. The van der Waals surface area contributed by atoms with E-state index in [0.29, 0.717) is 28.8 Å². The van der Waals surface area contributed by atoms with Crippen LogP contribution in [0.5, 0.6) is 17.2 Å². The van der Waals surface area contributed by atoms with Crippen LogP contribution >= 0.6 is 11.8 Å². The van der Waals surface area contributed by atoms with Crippen LogP contribution in [0.3, 0.4) is 0 Å². The molecule has 0 saturated heterocycles. The number of methoxy groups -OCH3 is 3. The van der Waals surface area contributed by atoms with Crippen LogP contribution in [-0.4, -0.2) is 43.2 Å². The van der Waals surface area contributed by atoms with Crippen molar-refractivity contribution in [2.75, 3.05) is 32.4 Å². The average Bonchev–Trinajstić information content (AvgIpc) is 2.85. The van der Waals surface area contributed by atoms with E-state index in [1.54, 1.807) is 21.3 Å². The molecule has 0 fully saturated rings. The molecule has 1 aliphatic rings. The fourth-order valence-corrected chi connectivity index (χ4v) is 3.95. The number of ether oxygens (including phenoxy) is 3. The van der Waals surface area contributed by atoms with E-state index in [2.05, 4.69) is 15.5 Å². The van der Waals surface area contributed by atoms with Crippen LogP contribution in [0, 0.1) is 6.92 Å². The second kappa shape index (κ2) is 6.64. The molecule has 1 aromatic heterocycles. The number of carbonyl (C=O) groups is 1. The maximum Gasteiger partial charge on any atom is 0.235 e. The molecule has 0 spiro atoms. The number of nitrogens with one attached hydrogen (secondary N) is 2. The van der Waals surface area contributed by atoms with E-state index in [-0.39, 0.29) is 11.2 Å². The predicted octanol–water partition coefficient (Wildman–Crippen LogP) is 2.52. The molecule has 24 heavy (non-hydrogen) atoms. The highest BCUT2D eigenvalue weighted by molar-refractivity contribution is 8.00. The largest absolute Gasteiger partial charge is 0.493 e. The van der Waals surface area contributed by atoms with E-state index in [1.807, 2.05) is 19.1 Å². The van der Waals surface area contributed by atoms with Gasteiger partial charge in [-0.15, -0.1) is 11.8 Å². The summed E-state index contributed by atoms with van der Waals surface area (Å²) < 4.78 is 16.3. The van der Waals surface area contributed by atoms with Gasteiger partial charge in [0.05, 0.1) is 32.3 Å². The fourth-order valence-electron chi connectivity index (χ4n) is 2.78. The van der Waals surface area contributed by atoms with Crippen molar-refractivity contribution in [3.63, 3.8) is 0 Å². The molecule has 0 bridgehead atoms. The zero-order valence-electron chi connectivity index (χ0n) is 13.9. The number of amides is 1. The lowest BCUT2D eigenvalue weighted by Gasteiger charge is -2.19. The van der Waals surface area contributed by atoms with Gasteiger partial charge in [-0.25, -0.2) is 0 Å². The highest BCUT2D eigenvalue weighted by Crippen LogP contribution is 2.47. The highest BCUT2D eigenvalue weighted by Gasteiger charge is 2.29. The van der Waals surface area contributed by atoms with Crippen LogP contribution in [-0.2, 0) is 4.79 Å². The van der Waals surface area contributed by atoms with Crippen LogP contribution in [0.1, 0.15) is 22.1 Å². The third-order valence-electron chi connectivity index (χ3n) is 3.89. The summed E-state index contributed by atoms with van der Waals surface area (Å²) in [6.45, 7) is 1.94. The normalized spacial score (nSPS) is 16.8. The molecule has 0 saturated carbocycles. The number of anilines is 1. The topological polar surface area (TPSA) is 85.5 Å². The molecule has 2 aromatic rings. The van der Waals surface area contributed by atoms with E-state index in [4.69, 9.17) is 14.2 Å². The van der Waals surface area contributed by atoms with E-state index in [9.17, 15) is 4.79 Å². The third-order valence-corrected chi connectivity index (χ3v) is 5.16. The van der Waals surface area contributed by atoms with Crippen LogP contribution in [0.2, 0.25) is 0 Å². The minimum Gasteiger partial charge on any atom is -0.493 e. The second-order valence-corrected chi connectivity index (χ2v) is 6.40. The number of rotatable bonds is 4. The van der Waals surface area contributed by atoms with Crippen molar-refractivity contribution in [3.05, 3.63) is 29.0 Å². The standard InChI is InChI=1S/C16H19N3O4S/c1-8-13-15(24-7-12(20)17-16(13)19-18-8)9-5-10(21-2)14(23-4)11(6-9)22-3/h5-6,15H,7H2,1-4H3,(H2,17,18,19,20). The Hall–Kier alpha value is -2.35. The molecule has 0 aliphatic carbocycles. The summed E-state index contributed by atoms with van der Waals surface area (Å²) in [5.41, 5.74) is 2.83. The molecule has 1 amide bonds. The van der Waals surface area contributed by atoms with Crippen molar-refractivity contribution in [1.82, 2.24) is 10.2 Å². The number of H-pyrrole nitrogens is 1. The number of aromatic nitrogens is 2. The van der Waals surface area contributed by atoms with Gasteiger partial charge in [0.2, 0.25) is 11.7 Å². The Morgan fingerprint density at radius 2 is 1.83 bits per heavy atom. The van der Waals surface area contributed by atoms with Gasteiger partial charge in [0, 0.05) is 11.3 Å². The molecule has 2 N–H and O–H groups in total. The van der Waals surface area contributed by atoms with Crippen molar-refractivity contribution < 1.29 is 19.0 Å². The van der Waals surface area contributed by atoms with Gasteiger partial charge in [-0.1, -0.05) is 0 Å². The first kappa shape index (κ1) is 16.5. The first-order valence-corrected chi connectivity index (χ1v) is 8.40. The maximum absolute atomic E-state index is 11.9. The van der Waals surface area contributed by atoms with Crippen molar-refractivity contribution in [2.24, 2.45) is 0 Å². The number of aromatic amines is 1. The van der Waals surface area contributed by atoms with Gasteiger partial charge in [-0.3, -0.25) is 9.89 Å². The Bertz CT molecular complexity index is 750. The zero-order valence-corrected chi connectivity index (χ0v) is 14.7. The number of aryl methyl sites for hydroxylation is 1. The number of nitrogens with zero attached hydrogens (tertiary/aromatic N) is 1. The van der Waals surface area contributed by atoms with Gasteiger partial charge in [0.15, 0.2) is 17.3 Å². The molecule has 2 heterocycles. The van der Waals surface area contributed by atoms with Crippen molar-refractivity contribution >= 4 is 23.5 Å². The molecule has 1 aromatic carbocycles. The van der Waals surface area contributed by atoms with Crippen LogP contribution in [0.4, 0.5) is 5.82 Å². The number of thioether (sulfide) groups is 1. The second-order valence-electron chi connectivity index (χ2n) is 5.31. The van der Waals surface area contributed by atoms with Crippen molar-refractivity contribution in [3.8, 4) is 17.2 Å². The van der Waals surface area contributed by atoms with Gasteiger partial charge in [0.1, 0.15) is 0 Å². The Labute approximate surface area is 144 Å². The predicted molar refractivity (Wildman–Crippen MR) is 92.4 cm³/mol. The molecule has 3 rings (SSSR count). The molecule has 1 atom stereocenters. The fraction of sp³-hybridized carbons (Fsp3) is 0.375. The van der Waals surface area contributed by atoms with Crippen LogP contribution < -0.4 is 19.5 Å². The smallest absolute Gasteiger partial charge is 0.235 e. The first-order valence-electron chi connectivity index (χ1n) is 7.35. The molecular formula is C16H19N3O4S. The van der Waals surface area contributed by atoms with Gasteiger partial charge >= 0.3 is 0 Å². The first-order chi connectivity index (χ1) is 11.6. The van der Waals surface area contributed by atoms with E-state index in [1.165, 1.54) is 11.8 Å². The summed E-state index contributed by atoms with van der Waals surface area (Å²) in [6, 6.07) is 3.82. The lowest BCUT2D eigenvalue weighted by atomic mass is 10.0. The quantitative estimate of drug-likeness (QED) is 0.882. The van der Waals surface area contributed by atoms with E-state index >= 15 is 0 Å². The minimum atomic E-state index is -0.0774. The number of hydrogen-bond acceptors (Lipinski definition) is 6. The van der Waals surface area contributed by atoms with Crippen molar-refractivity contribution in [1.29, 1.82) is 0 Å². The molecule has 0 radical (unpaired) electrons.